The molecule has 0 fully saturated rings. The SMILES string of the molecule is NCc1cncnc1-n1ncc2ccccc21. The van der Waals surface area contributed by atoms with E-state index in [4.69, 9.17) is 5.73 Å². The van der Waals surface area contributed by atoms with Crippen LogP contribution in [0, 0.1) is 0 Å². The van der Waals surface area contributed by atoms with Crippen molar-refractivity contribution in [2.24, 2.45) is 5.73 Å². The maximum atomic E-state index is 5.68. The van der Waals surface area contributed by atoms with E-state index in [9.17, 15) is 0 Å². The van der Waals surface area contributed by atoms with Gasteiger partial charge in [0.15, 0.2) is 5.82 Å². The molecule has 0 amide bonds. The fraction of sp³-hybridized carbons (Fsp3) is 0.0833. The number of para-hydroxylation sites is 1. The van der Waals surface area contributed by atoms with Gasteiger partial charge in [0.05, 0.1) is 11.7 Å². The highest BCUT2D eigenvalue weighted by Gasteiger charge is 2.09. The summed E-state index contributed by atoms with van der Waals surface area (Å²) in [6.45, 7) is 0.393. The Morgan fingerprint density at radius 2 is 2.06 bits per heavy atom. The van der Waals surface area contributed by atoms with Gasteiger partial charge in [-0.1, -0.05) is 18.2 Å². The molecule has 5 heteroatoms. The second kappa shape index (κ2) is 3.95. The van der Waals surface area contributed by atoms with E-state index in [0.29, 0.717) is 6.54 Å². The monoisotopic (exact) mass is 225 g/mol. The fourth-order valence-corrected chi connectivity index (χ4v) is 1.83. The van der Waals surface area contributed by atoms with Crippen molar-refractivity contribution >= 4 is 10.9 Å². The molecule has 5 nitrogen and oxygen atoms in total. The number of hydrogen-bond acceptors (Lipinski definition) is 4. The molecule has 0 saturated heterocycles. The summed E-state index contributed by atoms with van der Waals surface area (Å²) < 4.78 is 1.79. The van der Waals surface area contributed by atoms with Gasteiger partial charge in [-0.15, -0.1) is 0 Å². The van der Waals surface area contributed by atoms with Crippen molar-refractivity contribution < 1.29 is 0 Å². The van der Waals surface area contributed by atoms with Gasteiger partial charge < -0.3 is 5.73 Å². The molecule has 2 heterocycles. The Balaban J connectivity index is 2.27. The minimum absolute atomic E-state index is 0.393. The Morgan fingerprint density at radius 3 is 2.94 bits per heavy atom. The maximum absolute atomic E-state index is 5.68. The van der Waals surface area contributed by atoms with Gasteiger partial charge in [-0.05, 0) is 6.07 Å². The van der Waals surface area contributed by atoms with E-state index in [-0.39, 0.29) is 0 Å². The van der Waals surface area contributed by atoms with Gasteiger partial charge in [-0.25, -0.2) is 14.6 Å². The molecule has 0 unspecified atom stereocenters. The van der Waals surface area contributed by atoms with E-state index < -0.39 is 0 Å². The van der Waals surface area contributed by atoms with Crippen LogP contribution in [0.5, 0.6) is 0 Å². The van der Waals surface area contributed by atoms with Gasteiger partial charge in [0, 0.05) is 23.7 Å². The zero-order valence-corrected chi connectivity index (χ0v) is 9.11. The number of nitrogens with two attached hydrogens (primary N) is 1. The average Bonchev–Trinajstić information content (AvgIpc) is 2.82. The molecule has 0 radical (unpaired) electrons. The molecule has 0 aliphatic rings. The topological polar surface area (TPSA) is 69.6 Å². The van der Waals surface area contributed by atoms with Crippen molar-refractivity contribution in [3.63, 3.8) is 0 Å². The molecule has 0 spiro atoms. The van der Waals surface area contributed by atoms with Crippen LogP contribution in [0.4, 0.5) is 0 Å². The third-order valence-corrected chi connectivity index (χ3v) is 2.66. The number of benzene rings is 1. The van der Waals surface area contributed by atoms with Crippen LogP contribution in [0.3, 0.4) is 0 Å². The van der Waals surface area contributed by atoms with Gasteiger partial charge in [0.25, 0.3) is 0 Å². The van der Waals surface area contributed by atoms with Crippen molar-refractivity contribution in [2.75, 3.05) is 0 Å². The summed E-state index contributed by atoms with van der Waals surface area (Å²) in [6, 6.07) is 7.98. The highest BCUT2D eigenvalue weighted by Crippen LogP contribution is 2.18. The first kappa shape index (κ1) is 9.92. The first-order chi connectivity index (χ1) is 8.40. The number of fused-ring (bicyclic) bond motifs is 1. The van der Waals surface area contributed by atoms with Crippen molar-refractivity contribution in [1.29, 1.82) is 0 Å². The van der Waals surface area contributed by atoms with Crippen molar-refractivity contribution in [1.82, 2.24) is 19.7 Å². The molecule has 2 aromatic heterocycles. The largest absolute Gasteiger partial charge is 0.326 e. The van der Waals surface area contributed by atoms with E-state index in [1.54, 1.807) is 10.9 Å². The van der Waals surface area contributed by atoms with Crippen LogP contribution in [-0.4, -0.2) is 19.7 Å². The van der Waals surface area contributed by atoms with Crippen molar-refractivity contribution in [2.45, 2.75) is 6.54 Å². The maximum Gasteiger partial charge on any atom is 0.161 e. The number of aromatic nitrogens is 4. The predicted molar refractivity (Wildman–Crippen MR) is 64.6 cm³/mol. The lowest BCUT2D eigenvalue weighted by molar-refractivity contribution is 0.835. The van der Waals surface area contributed by atoms with Crippen LogP contribution in [-0.2, 0) is 6.54 Å². The molecule has 1 aromatic carbocycles. The van der Waals surface area contributed by atoms with Gasteiger partial charge >= 0.3 is 0 Å². The van der Waals surface area contributed by atoms with Gasteiger partial charge in [0.1, 0.15) is 6.33 Å². The molecule has 0 atom stereocenters. The molecule has 3 rings (SSSR count). The van der Waals surface area contributed by atoms with Crippen LogP contribution in [0.1, 0.15) is 5.56 Å². The highest BCUT2D eigenvalue weighted by atomic mass is 15.3. The molecular weight excluding hydrogens is 214 g/mol. The van der Waals surface area contributed by atoms with E-state index in [1.165, 1.54) is 6.33 Å². The van der Waals surface area contributed by atoms with E-state index >= 15 is 0 Å². The zero-order chi connectivity index (χ0) is 11.7. The molecule has 84 valence electrons. The summed E-state index contributed by atoms with van der Waals surface area (Å²) in [5.74, 6) is 0.740. The summed E-state index contributed by atoms with van der Waals surface area (Å²) in [7, 11) is 0. The van der Waals surface area contributed by atoms with Crippen molar-refractivity contribution in [3.05, 3.63) is 48.5 Å². The quantitative estimate of drug-likeness (QED) is 0.713. The van der Waals surface area contributed by atoms with E-state index in [1.807, 2.05) is 30.5 Å². The minimum Gasteiger partial charge on any atom is -0.326 e. The predicted octanol–water partition coefficient (Wildman–Crippen LogP) is 1.27. The normalized spacial score (nSPS) is 10.9. The Morgan fingerprint density at radius 1 is 1.18 bits per heavy atom. The summed E-state index contributed by atoms with van der Waals surface area (Å²) in [5.41, 5.74) is 7.57. The molecule has 0 saturated carbocycles. The summed E-state index contributed by atoms with van der Waals surface area (Å²) in [5, 5.41) is 5.42. The highest BCUT2D eigenvalue weighted by molar-refractivity contribution is 5.79. The Hall–Kier alpha value is -2.27. The molecule has 2 N–H and O–H groups in total. The lowest BCUT2D eigenvalue weighted by Gasteiger charge is -2.06. The van der Waals surface area contributed by atoms with Gasteiger partial charge in [-0.2, -0.15) is 5.10 Å². The third kappa shape index (κ3) is 1.57. The van der Waals surface area contributed by atoms with E-state index in [0.717, 1.165) is 22.3 Å². The number of hydrogen-bond donors (Lipinski definition) is 1. The van der Waals surface area contributed by atoms with Crippen LogP contribution < -0.4 is 5.73 Å². The van der Waals surface area contributed by atoms with Gasteiger partial charge in [-0.3, -0.25) is 0 Å². The minimum atomic E-state index is 0.393. The second-order valence-corrected chi connectivity index (χ2v) is 3.69. The lowest BCUT2D eigenvalue weighted by atomic mass is 10.2. The van der Waals surface area contributed by atoms with Crippen LogP contribution in [0.25, 0.3) is 16.7 Å². The molecule has 0 aliphatic heterocycles. The molecule has 0 bridgehead atoms. The molecule has 17 heavy (non-hydrogen) atoms. The fourth-order valence-electron chi connectivity index (χ4n) is 1.83. The Kier molecular flexibility index (Phi) is 2.31. The lowest BCUT2D eigenvalue weighted by Crippen LogP contribution is -2.08. The molecular formula is C12H11N5. The van der Waals surface area contributed by atoms with Crippen LogP contribution in [0.15, 0.2) is 43.0 Å². The number of nitrogens with zero attached hydrogens (tertiary/aromatic N) is 4. The van der Waals surface area contributed by atoms with Crippen LogP contribution >= 0.6 is 0 Å². The Bertz CT molecular complexity index is 659. The van der Waals surface area contributed by atoms with Crippen LogP contribution in [0.2, 0.25) is 0 Å². The molecule has 3 aromatic rings. The first-order valence-corrected chi connectivity index (χ1v) is 5.32. The smallest absolute Gasteiger partial charge is 0.161 e. The van der Waals surface area contributed by atoms with Gasteiger partial charge in [0.2, 0.25) is 0 Å². The summed E-state index contributed by atoms with van der Waals surface area (Å²) >= 11 is 0. The standard InChI is InChI=1S/C12H11N5/c13-5-10-6-14-8-15-12(10)17-11-4-2-1-3-9(11)7-16-17/h1-4,6-8H,5,13H2. The third-order valence-electron chi connectivity index (χ3n) is 2.66. The van der Waals surface area contributed by atoms with Crippen molar-refractivity contribution in [3.8, 4) is 5.82 Å². The Labute approximate surface area is 97.9 Å². The second-order valence-electron chi connectivity index (χ2n) is 3.69. The average molecular weight is 225 g/mol. The molecule has 0 aliphatic carbocycles. The first-order valence-electron chi connectivity index (χ1n) is 5.32. The van der Waals surface area contributed by atoms with E-state index in [2.05, 4.69) is 15.1 Å². The summed E-state index contributed by atoms with van der Waals surface area (Å²) in [6.07, 6.45) is 5.04. The number of rotatable bonds is 2. The summed E-state index contributed by atoms with van der Waals surface area (Å²) in [4.78, 5) is 8.23. The zero-order valence-electron chi connectivity index (χ0n) is 9.11.